The van der Waals surface area contributed by atoms with E-state index >= 15 is 0 Å². The summed E-state index contributed by atoms with van der Waals surface area (Å²) >= 11 is 0. The molecule has 0 saturated carbocycles. The monoisotopic (exact) mass is 301 g/mol. The van der Waals surface area contributed by atoms with Crippen molar-refractivity contribution in [3.05, 3.63) is 0 Å². The molecule has 7 nitrogen and oxygen atoms in total. The first-order chi connectivity index (χ1) is 9.24. The maximum Gasteiger partial charge on any atom is 0.326 e. The summed E-state index contributed by atoms with van der Waals surface area (Å²) in [5.74, 6) is -1.45. The van der Waals surface area contributed by atoms with Crippen LogP contribution >= 0.6 is 0 Å². The number of carbonyl (C=O) groups is 3. The molecule has 0 saturated heterocycles. The SMILES string of the molecule is CC(NC(=O)NC(C(=O)O)C(C)(C)C)C(=O)NC(C)(C)C. The Balaban J connectivity index is 4.62. The molecule has 0 radical (unpaired) electrons. The van der Waals surface area contributed by atoms with Gasteiger partial charge in [0.05, 0.1) is 0 Å². The minimum Gasteiger partial charge on any atom is -0.480 e. The molecule has 0 aromatic rings. The van der Waals surface area contributed by atoms with Gasteiger partial charge in [0.1, 0.15) is 12.1 Å². The highest BCUT2D eigenvalue weighted by molar-refractivity contribution is 5.89. The van der Waals surface area contributed by atoms with Crippen LogP contribution in [0.4, 0.5) is 4.79 Å². The van der Waals surface area contributed by atoms with Crippen LogP contribution < -0.4 is 16.0 Å². The summed E-state index contributed by atoms with van der Waals surface area (Å²) in [5, 5.41) is 16.7. The summed E-state index contributed by atoms with van der Waals surface area (Å²) in [6.07, 6.45) is 0. The highest BCUT2D eigenvalue weighted by Gasteiger charge is 2.33. The lowest BCUT2D eigenvalue weighted by Crippen LogP contribution is -2.57. The van der Waals surface area contributed by atoms with E-state index in [0.29, 0.717) is 0 Å². The van der Waals surface area contributed by atoms with Gasteiger partial charge in [-0.05, 0) is 33.1 Å². The summed E-state index contributed by atoms with van der Waals surface area (Å²) in [5.41, 5.74) is -1.04. The number of carboxylic acids is 1. The first-order valence-electron chi connectivity index (χ1n) is 6.86. The number of hydrogen-bond donors (Lipinski definition) is 4. The molecule has 0 bridgehead atoms. The second-order valence-corrected chi connectivity index (χ2v) is 7.22. The first-order valence-corrected chi connectivity index (χ1v) is 6.86. The largest absolute Gasteiger partial charge is 0.480 e. The first kappa shape index (κ1) is 19.2. The molecular weight excluding hydrogens is 274 g/mol. The zero-order valence-corrected chi connectivity index (χ0v) is 13.8. The Labute approximate surface area is 125 Å². The van der Waals surface area contributed by atoms with E-state index in [9.17, 15) is 14.4 Å². The fourth-order valence-electron chi connectivity index (χ4n) is 1.56. The highest BCUT2D eigenvalue weighted by Crippen LogP contribution is 2.19. The van der Waals surface area contributed by atoms with Crippen LogP contribution in [0.1, 0.15) is 48.5 Å². The smallest absolute Gasteiger partial charge is 0.326 e. The quantitative estimate of drug-likeness (QED) is 0.623. The summed E-state index contributed by atoms with van der Waals surface area (Å²) in [6, 6.07) is -2.50. The van der Waals surface area contributed by atoms with Crippen LogP contribution in [0, 0.1) is 5.41 Å². The molecule has 0 aromatic carbocycles. The van der Waals surface area contributed by atoms with Gasteiger partial charge in [-0.25, -0.2) is 9.59 Å². The summed E-state index contributed by atoms with van der Waals surface area (Å²) in [6.45, 7) is 12.2. The normalized spacial score (nSPS) is 14.8. The van der Waals surface area contributed by atoms with E-state index in [-0.39, 0.29) is 5.91 Å². The Kier molecular flexibility index (Phi) is 6.20. The Morgan fingerprint density at radius 1 is 0.952 bits per heavy atom. The fourth-order valence-corrected chi connectivity index (χ4v) is 1.56. The van der Waals surface area contributed by atoms with E-state index in [1.54, 1.807) is 20.8 Å². The maximum absolute atomic E-state index is 11.8. The van der Waals surface area contributed by atoms with Crippen molar-refractivity contribution >= 4 is 17.9 Å². The molecular formula is C14H27N3O4. The number of carbonyl (C=O) groups excluding carboxylic acids is 2. The van der Waals surface area contributed by atoms with Crippen LogP contribution in [0.3, 0.4) is 0 Å². The van der Waals surface area contributed by atoms with Gasteiger partial charge in [0.25, 0.3) is 0 Å². The molecule has 3 amide bonds. The van der Waals surface area contributed by atoms with E-state index < -0.39 is 35.0 Å². The molecule has 21 heavy (non-hydrogen) atoms. The van der Waals surface area contributed by atoms with Crippen molar-refractivity contribution in [1.29, 1.82) is 0 Å². The van der Waals surface area contributed by atoms with Gasteiger partial charge in [-0.1, -0.05) is 20.8 Å². The van der Waals surface area contributed by atoms with Gasteiger partial charge < -0.3 is 21.1 Å². The zero-order valence-electron chi connectivity index (χ0n) is 13.8. The lowest BCUT2D eigenvalue weighted by Gasteiger charge is -2.29. The third-order valence-electron chi connectivity index (χ3n) is 2.63. The number of rotatable bonds is 4. The van der Waals surface area contributed by atoms with Crippen molar-refractivity contribution in [2.45, 2.75) is 66.1 Å². The van der Waals surface area contributed by atoms with Crippen molar-refractivity contribution in [2.75, 3.05) is 0 Å². The van der Waals surface area contributed by atoms with Gasteiger partial charge in [-0.2, -0.15) is 0 Å². The zero-order chi connectivity index (χ0) is 17.0. The van der Waals surface area contributed by atoms with Crippen LogP contribution in [-0.2, 0) is 9.59 Å². The van der Waals surface area contributed by atoms with Crippen molar-refractivity contribution in [1.82, 2.24) is 16.0 Å². The van der Waals surface area contributed by atoms with E-state index in [0.717, 1.165) is 0 Å². The molecule has 4 N–H and O–H groups in total. The molecule has 0 rings (SSSR count). The van der Waals surface area contributed by atoms with Crippen LogP contribution in [-0.4, -0.2) is 40.6 Å². The van der Waals surface area contributed by atoms with E-state index in [4.69, 9.17) is 5.11 Å². The van der Waals surface area contributed by atoms with Gasteiger partial charge in [-0.15, -0.1) is 0 Å². The summed E-state index contributed by atoms with van der Waals surface area (Å²) in [4.78, 5) is 34.8. The van der Waals surface area contributed by atoms with Crippen LogP contribution in [0.5, 0.6) is 0 Å². The Morgan fingerprint density at radius 2 is 1.43 bits per heavy atom. The van der Waals surface area contributed by atoms with Crippen molar-refractivity contribution in [3.8, 4) is 0 Å². The lowest BCUT2D eigenvalue weighted by molar-refractivity contribution is -0.141. The predicted molar refractivity (Wildman–Crippen MR) is 79.9 cm³/mol. The standard InChI is InChI=1S/C14H27N3O4/c1-8(10(18)17-14(5,6)7)15-12(21)16-9(11(19)20)13(2,3)4/h8-9H,1-7H3,(H,17,18)(H,19,20)(H2,15,16,21). The minimum absolute atomic E-state index is 0.333. The average Bonchev–Trinajstić information content (AvgIpc) is 2.21. The van der Waals surface area contributed by atoms with Gasteiger partial charge in [0, 0.05) is 5.54 Å². The second kappa shape index (κ2) is 6.78. The third kappa shape index (κ3) is 7.53. The van der Waals surface area contributed by atoms with E-state index in [1.165, 1.54) is 6.92 Å². The molecule has 0 aliphatic rings. The molecule has 7 heteroatoms. The van der Waals surface area contributed by atoms with Crippen LogP contribution in [0.2, 0.25) is 0 Å². The van der Waals surface area contributed by atoms with Gasteiger partial charge in [0.15, 0.2) is 0 Å². The third-order valence-corrected chi connectivity index (χ3v) is 2.63. The molecule has 0 heterocycles. The molecule has 0 aliphatic carbocycles. The van der Waals surface area contributed by atoms with Crippen molar-refractivity contribution < 1.29 is 19.5 Å². The van der Waals surface area contributed by atoms with Crippen molar-refractivity contribution in [3.63, 3.8) is 0 Å². The van der Waals surface area contributed by atoms with Gasteiger partial charge >= 0.3 is 12.0 Å². The van der Waals surface area contributed by atoms with Crippen LogP contribution in [0.25, 0.3) is 0 Å². The number of nitrogens with one attached hydrogen (secondary N) is 3. The summed E-state index contributed by atoms with van der Waals surface area (Å²) in [7, 11) is 0. The molecule has 0 fully saturated rings. The number of aliphatic carboxylic acids is 1. The number of hydrogen-bond acceptors (Lipinski definition) is 3. The fraction of sp³-hybridized carbons (Fsp3) is 0.786. The lowest BCUT2D eigenvalue weighted by atomic mass is 9.87. The second-order valence-electron chi connectivity index (χ2n) is 7.22. The van der Waals surface area contributed by atoms with Crippen molar-refractivity contribution in [2.24, 2.45) is 5.41 Å². The molecule has 0 spiro atoms. The molecule has 0 aliphatic heterocycles. The number of urea groups is 1. The number of carboxylic acid groups (broad SMARTS) is 1. The summed E-state index contributed by atoms with van der Waals surface area (Å²) < 4.78 is 0. The Morgan fingerprint density at radius 3 is 1.76 bits per heavy atom. The highest BCUT2D eigenvalue weighted by atomic mass is 16.4. The average molecular weight is 301 g/mol. The molecule has 2 unspecified atom stereocenters. The number of amides is 3. The van der Waals surface area contributed by atoms with Crippen LogP contribution in [0.15, 0.2) is 0 Å². The predicted octanol–water partition coefficient (Wildman–Crippen LogP) is 1.09. The van der Waals surface area contributed by atoms with E-state index in [1.807, 2.05) is 20.8 Å². The molecule has 2 atom stereocenters. The topological polar surface area (TPSA) is 108 Å². The molecule has 0 aromatic heterocycles. The van der Waals surface area contributed by atoms with Gasteiger partial charge in [0.2, 0.25) is 5.91 Å². The van der Waals surface area contributed by atoms with E-state index in [2.05, 4.69) is 16.0 Å². The minimum atomic E-state index is -1.12. The maximum atomic E-state index is 11.8. The van der Waals surface area contributed by atoms with Gasteiger partial charge in [-0.3, -0.25) is 4.79 Å². The Hall–Kier alpha value is -1.79. The molecule has 122 valence electrons. The Bertz CT molecular complexity index is 407.